The smallest absolute Gasteiger partial charge is 0.291 e. The molecule has 24 heavy (non-hydrogen) atoms. The quantitative estimate of drug-likeness (QED) is 0.577. The average molecular weight is 335 g/mol. The van der Waals surface area contributed by atoms with Crippen molar-refractivity contribution in [3.8, 4) is 17.1 Å². The number of thiazole rings is 1. The minimum Gasteiger partial charge on any atom is -0.497 e. The predicted octanol–water partition coefficient (Wildman–Crippen LogP) is 2.37. The molecule has 0 fully saturated rings. The Balaban J connectivity index is 1.78. The minimum absolute atomic E-state index is 0.147. The number of aromatic nitrogens is 3. The average Bonchev–Trinajstić information content (AvgIpc) is 3.16. The number of nitrogens with zero attached hydrogens (tertiary/aromatic N) is 3. The molecule has 118 valence electrons. The van der Waals surface area contributed by atoms with Crippen LogP contribution in [0.25, 0.3) is 22.4 Å². The monoisotopic (exact) mass is 335 g/mol. The van der Waals surface area contributed by atoms with Gasteiger partial charge in [0, 0.05) is 5.56 Å². The molecule has 0 unspecified atom stereocenters. The zero-order chi connectivity index (χ0) is 16.5. The van der Waals surface area contributed by atoms with Gasteiger partial charge >= 0.3 is 0 Å². The van der Waals surface area contributed by atoms with Crippen molar-refractivity contribution in [3.63, 3.8) is 0 Å². The topological polar surface area (TPSA) is 56.5 Å². The third-order valence-electron chi connectivity index (χ3n) is 3.63. The molecule has 4 rings (SSSR count). The standard InChI is InChI=1S/C18H13N3O2S/c1-23-14-9-7-13(8-10-14)16-19-18-21(20-16)17(22)15(24-18)11-12-5-3-2-4-6-12/h2-11H,1H3/b15-11+. The summed E-state index contributed by atoms with van der Waals surface area (Å²) in [4.78, 5) is 17.6. The third kappa shape index (κ3) is 2.57. The van der Waals surface area contributed by atoms with Gasteiger partial charge < -0.3 is 4.74 Å². The van der Waals surface area contributed by atoms with Crippen LogP contribution in [-0.4, -0.2) is 21.7 Å². The molecule has 0 aliphatic carbocycles. The predicted molar refractivity (Wildman–Crippen MR) is 94.3 cm³/mol. The first-order valence-electron chi connectivity index (χ1n) is 7.35. The molecule has 0 atom stereocenters. The highest BCUT2D eigenvalue weighted by Gasteiger charge is 2.11. The molecule has 0 aliphatic rings. The molecule has 2 aromatic heterocycles. The van der Waals surface area contributed by atoms with Gasteiger partial charge in [0.05, 0.1) is 11.6 Å². The van der Waals surface area contributed by atoms with Gasteiger partial charge in [0.1, 0.15) is 5.75 Å². The molecule has 0 saturated heterocycles. The normalized spacial score (nSPS) is 12.0. The first-order valence-corrected chi connectivity index (χ1v) is 8.17. The van der Waals surface area contributed by atoms with E-state index >= 15 is 0 Å². The third-order valence-corrected chi connectivity index (χ3v) is 4.59. The summed E-state index contributed by atoms with van der Waals surface area (Å²) in [6.45, 7) is 0. The van der Waals surface area contributed by atoms with Crippen LogP contribution in [0.3, 0.4) is 0 Å². The fourth-order valence-electron chi connectivity index (χ4n) is 2.40. The number of hydrogen-bond donors (Lipinski definition) is 0. The Morgan fingerprint density at radius 3 is 2.50 bits per heavy atom. The molecule has 6 heteroatoms. The number of methoxy groups -OCH3 is 1. The molecule has 0 amide bonds. The van der Waals surface area contributed by atoms with E-state index in [9.17, 15) is 4.79 Å². The van der Waals surface area contributed by atoms with Crippen molar-refractivity contribution in [3.05, 3.63) is 75.0 Å². The molecule has 4 aromatic rings. The first kappa shape index (κ1) is 14.6. The first-order chi connectivity index (χ1) is 11.7. The van der Waals surface area contributed by atoms with Crippen molar-refractivity contribution in [2.75, 3.05) is 7.11 Å². The van der Waals surface area contributed by atoms with Crippen molar-refractivity contribution in [2.24, 2.45) is 0 Å². The van der Waals surface area contributed by atoms with Gasteiger partial charge in [-0.25, -0.2) is 0 Å². The summed E-state index contributed by atoms with van der Waals surface area (Å²) >= 11 is 1.34. The summed E-state index contributed by atoms with van der Waals surface area (Å²) in [7, 11) is 1.62. The molecule has 0 N–H and O–H groups in total. The molecule has 2 aromatic carbocycles. The van der Waals surface area contributed by atoms with Crippen molar-refractivity contribution >= 4 is 22.4 Å². The van der Waals surface area contributed by atoms with E-state index in [4.69, 9.17) is 4.74 Å². The van der Waals surface area contributed by atoms with Crippen molar-refractivity contribution in [1.29, 1.82) is 0 Å². The Morgan fingerprint density at radius 2 is 1.83 bits per heavy atom. The summed E-state index contributed by atoms with van der Waals surface area (Å²) in [5.41, 5.74) is 1.68. The lowest BCUT2D eigenvalue weighted by Crippen LogP contribution is -2.23. The van der Waals surface area contributed by atoms with E-state index in [-0.39, 0.29) is 5.56 Å². The molecule has 0 radical (unpaired) electrons. The molecule has 0 bridgehead atoms. The van der Waals surface area contributed by atoms with E-state index in [1.54, 1.807) is 7.11 Å². The number of ether oxygens (including phenoxy) is 1. The number of rotatable bonds is 3. The molecule has 0 aliphatic heterocycles. The molecule has 5 nitrogen and oxygen atoms in total. The van der Waals surface area contributed by atoms with Crippen LogP contribution in [-0.2, 0) is 0 Å². The van der Waals surface area contributed by atoms with Crippen LogP contribution in [0.15, 0.2) is 59.4 Å². The summed E-state index contributed by atoms with van der Waals surface area (Å²) < 4.78 is 7.13. The van der Waals surface area contributed by atoms with E-state index in [0.29, 0.717) is 15.3 Å². The van der Waals surface area contributed by atoms with E-state index < -0.39 is 0 Å². The summed E-state index contributed by atoms with van der Waals surface area (Å²) in [5, 5.41) is 4.34. The fourth-order valence-corrected chi connectivity index (χ4v) is 3.30. The van der Waals surface area contributed by atoms with Crippen LogP contribution in [0.5, 0.6) is 5.75 Å². The molecule has 2 heterocycles. The van der Waals surface area contributed by atoms with Crippen LogP contribution in [0.2, 0.25) is 0 Å². The van der Waals surface area contributed by atoms with Crippen LogP contribution in [0.4, 0.5) is 0 Å². The Labute approximate surface area is 141 Å². The zero-order valence-corrected chi connectivity index (χ0v) is 13.7. The van der Waals surface area contributed by atoms with E-state index in [0.717, 1.165) is 16.9 Å². The van der Waals surface area contributed by atoms with Gasteiger partial charge in [0.25, 0.3) is 5.56 Å². The summed E-state index contributed by atoms with van der Waals surface area (Å²) in [6.07, 6.45) is 1.86. The molecular weight excluding hydrogens is 322 g/mol. The maximum absolute atomic E-state index is 12.5. The lowest BCUT2D eigenvalue weighted by Gasteiger charge is -1.99. The summed E-state index contributed by atoms with van der Waals surface area (Å²) in [6, 6.07) is 17.2. The number of hydrogen-bond acceptors (Lipinski definition) is 5. The second-order valence-electron chi connectivity index (χ2n) is 5.18. The van der Waals surface area contributed by atoms with Gasteiger partial charge in [-0.2, -0.15) is 9.50 Å². The van der Waals surface area contributed by atoms with Crippen molar-refractivity contribution in [1.82, 2.24) is 14.6 Å². The van der Waals surface area contributed by atoms with Crippen LogP contribution in [0, 0.1) is 0 Å². The Hall–Kier alpha value is -2.99. The van der Waals surface area contributed by atoms with E-state index in [1.165, 1.54) is 15.9 Å². The maximum Gasteiger partial charge on any atom is 0.291 e. The minimum atomic E-state index is -0.147. The maximum atomic E-state index is 12.5. The van der Waals surface area contributed by atoms with Gasteiger partial charge in [-0.3, -0.25) is 4.79 Å². The Morgan fingerprint density at radius 1 is 1.08 bits per heavy atom. The van der Waals surface area contributed by atoms with Gasteiger partial charge in [-0.15, -0.1) is 5.10 Å². The molecule has 0 spiro atoms. The van der Waals surface area contributed by atoms with Gasteiger partial charge in [0.15, 0.2) is 5.82 Å². The van der Waals surface area contributed by atoms with Crippen molar-refractivity contribution < 1.29 is 4.74 Å². The number of fused-ring (bicyclic) bond motifs is 1. The zero-order valence-electron chi connectivity index (χ0n) is 12.8. The SMILES string of the molecule is COc1ccc(-c2nc3s/c(=C/c4ccccc4)c(=O)n3n2)cc1. The van der Waals surface area contributed by atoms with Crippen LogP contribution in [0.1, 0.15) is 5.56 Å². The lowest BCUT2D eigenvalue weighted by atomic mass is 10.2. The second-order valence-corrected chi connectivity index (χ2v) is 6.19. The highest BCUT2D eigenvalue weighted by Crippen LogP contribution is 2.20. The van der Waals surface area contributed by atoms with E-state index in [2.05, 4.69) is 10.1 Å². The highest BCUT2D eigenvalue weighted by atomic mass is 32.1. The van der Waals surface area contributed by atoms with Crippen LogP contribution >= 0.6 is 11.3 Å². The Kier molecular flexibility index (Phi) is 3.59. The van der Waals surface area contributed by atoms with Gasteiger partial charge in [-0.1, -0.05) is 41.7 Å². The highest BCUT2D eigenvalue weighted by molar-refractivity contribution is 7.15. The van der Waals surface area contributed by atoms with Crippen molar-refractivity contribution in [2.45, 2.75) is 0 Å². The molecule has 0 saturated carbocycles. The molecular formula is C18H13N3O2S. The number of benzene rings is 2. The van der Waals surface area contributed by atoms with E-state index in [1.807, 2.05) is 60.7 Å². The second kappa shape index (κ2) is 5.90. The van der Waals surface area contributed by atoms with Gasteiger partial charge in [0.2, 0.25) is 4.96 Å². The Bertz CT molecular complexity index is 1100. The summed E-state index contributed by atoms with van der Waals surface area (Å²) in [5.74, 6) is 1.30. The van der Waals surface area contributed by atoms with Crippen LogP contribution < -0.4 is 14.8 Å². The van der Waals surface area contributed by atoms with Gasteiger partial charge in [-0.05, 0) is 35.9 Å². The fraction of sp³-hybridized carbons (Fsp3) is 0.0556. The largest absolute Gasteiger partial charge is 0.497 e. The lowest BCUT2D eigenvalue weighted by molar-refractivity contribution is 0.415.